The van der Waals surface area contributed by atoms with Crippen LogP contribution in [0.25, 0.3) is 0 Å². The number of hydrogen-bond donors (Lipinski definition) is 1. The van der Waals surface area contributed by atoms with E-state index in [0.29, 0.717) is 11.6 Å². The van der Waals surface area contributed by atoms with Gasteiger partial charge in [0.05, 0.1) is 18.5 Å². The number of aromatic nitrogens is 1. The van der Waals surface area contributed by atoms with Gasteiger partial charge in [0, 0.05) is 11.6 Å². The minimum absolute atomic E-state index is 0.0628. The van der Waals surface area contributed by atoms with Crippen molar-refractivity contribution in [1.29, 1.82) is 0 Å². The van der Waals surface area contributed by atoms with Crippen LogP contribution >= 0.6 is 0 Å². The van der Waals surface area contributed by atoms with Crippen molar-refractivity contribution in [2.45, 2.75) is 33.1 Å². The van der Waals surface area contributed by atoms with Crippen LogP contribution in [0.5, 0.6) is 17.4 Å². The third kappa shape index (κ3) is 3.45. The molecule has 4 nitrogen and oxygen atoms in total. The third-order valence-corrected chi connectivity index (χ3v) is 3.31. The van der Waals surface area contributed by atoms with Gasteiger partial charge in [-0.1, -0.05) is 20.8 Å². The summed E-state index contributed by atoms with van der Waals surface area (Å²) in [5, 5.41) is 0. The van der Waals surface area contributed by atoms with Crippen molar-refractivity contribution >= 4 is 5.69 Å². The number of methoxy groups -OCH3 is 1. The number of aryl methyl sites for hydroxylation is 1. The highest BCUT2D eigenvalue weighted by atomic mass is 16.5. The van der Waals surface area contributed by atoms with Crippen LogP contribution in [0.1, 0.15) is 32.0 Å². The Kier molecular flexibility index (Phi) is 4.07. The summed E-state index contributed by atoms with van der Waals surface area (Å²) >= 11 is 0. The van der Waals surface area contributed by atoms with E-state index in [1.54, 1.807) is 19.2 Å². The van der Waals surface area contributed by atoms with Crippen molar-refractivity contribution in [2.24, 2.45) is 0 Å². The number of pyridine rings is 1. The molecule has 0 radical (unpaired) electrons. The first kappa shape index (κ1) is 15.2. The molecule has 1 aromatic carbocycles. The molecule has 0 bridgehead atoms. The Morgan fingerprint density at radius 2 is 1.81 bits per heavy atom. The van der Waals surface area contributed by atoms with E-state index in [1.807, 2.05) is 25.1 Å². The van der Waals surface area contributed by atoms with Crippen molar-refractivity contribution in [3.63, 3.8) is 0 Å². The van der Waals surface area contributed by atoms with Crippen LogP contribution in [0.3, 0.4) is 0 Å². The maximum absolute atomic E-state index is 5.95. The van der Waals surface area contributed by atoms with Gasteiger partial charge in [-0.3, -0.25) is 0 Å². The van der Waals surface area contributed by atoms with Gasteiger partial charge in [-0.2, -0.15) is 0 Å². The van der Waals surface area contributed by atoms with Gasteiger partial charge >= 0.3 is 0 Å². The number of rotatable bonds is 3. The van der Waals surface area contributed by atoms with E-state index >= 15 is 0 Å². The molecule has 0 atom stereocenters. The molecule has 0 fully saturated rings. The van der Waals surface area contributed by atoms with E-state index in [2.05, 4.69) is 25.8 Å². The molecule has 0 spiro atoms. The summed E-state index contributed by atoms with van der Waals surface area (Å²) < 4.78 is 11.3. The molecule has 0 unspecified atom stereocenters. The summed E-state index contributed by atoms with van der Waals surface area (Å²) in [6.45, 7) is 8.27. The van der Waals surface area contributed by atoms with Crippen LogP contribution < -0.4 is 15.2 Å². The van der Waals surface area contributed by atoms with Gasteiger partial charge in [0.25, 0.3) is 0 Å². The fourth-order valence-electron chi connectivity index (χ4n) is 2.03. The second-order valence-corrected chi connectivity index (χ2v) is 6.04. The Hall–Kier alpha value is -2.23. The molecule has 0 aliphatic heterocycles. The largest absolute Gasteiger partial charge is 0.497 e. The summed E-state index contributed by atoms with van der Waals surface area (Å²) in [7, 11) is 1.66. The second-order valence-electron chi connectivity index (χ2n) is 6.04. The predicted octanol–water partition coefficient (Wildman–Crippen LogP) is 4.07. The van der Waals surface area contributed by atoms with Gasteiger partial charge in [-0.05, 0) is 36.6 Å². The molecule has 21 heavy (non-hydrogen) atoms. The van der Waals surface area contributed by atoms with E-state index < -0.39 is 0 Å². The third-order valence-electron chi connectivity index (χ3n) is 3.31. The first-order valence-corrected chi connectivity index (χ1v) is 6.91. The fraction of sp³-hybridized carbons (Fsp3) is 0.353. The van der Waals surface area contributed by atoms with Gasteiger partial charge in [0.1, 0.15) is 11.5 Å². The molecule has 1 heterocycles. The molecule has 4 heteroatoms. The number of ether oxygens (including phenoxy) is 2. The average Bonchev–Trinajstić information content (AvgIpc) is 2.42. The van der Waals surface area contributed by atoms with Crippen LogP contribution in [0.2, 0.25) is 0 Å². The number of anilines is 1. The molecule has 1 aromatic heterocycles. The lowest BCUT2D eigenvalue weighted by Crippen LogP contribution is -2.13. The zero-order valence-electron chi connectivity index (χ0n) is 13.2. The Labute approximate surface area is 125 Å². The molecule has 0 aliphatic rings. The van der Waals surface area contributed by atoms with E-state index in [9.17, 15) is 0 Å². The van der Waals surface area contributed by atoms with Crippen LogP contribution in [0.4, 0.5) is 5.69 Å². The standard InChI is InChI=1S/C17H22N2O2/c1-11-14(18)7-9-16(19-11)21-15-8-6-12(20-5)10-13(15)17(2,3)4/h6-10H,18H2,1-5H3. The molecular formula is C17H22N2O2. The van der Waals surface area contributed by atoms with Gasteiger partial charge < -0.3 is 15.2 Å². The number of hydrogen-bond acceptors (Lipinski definition) is 4. The highest BCUT2D eigenvalue weighted by molar-refractivity contribution is 5.47. The number of nitrogens with zero attached hydrogens (tertiary/aromatic N) is 1. The molecule has 0 aliphatic carbocycles. The molecule has 0 saturated heterocycles. The maximum atomic E-state index is 5.95. The summed E-state index contributed by atoms with van der Waals surface area (Å²) in [5.74, 6) is 2.13. The van der Waals surface area contributed by atoms with E-state index in [1.165, 1.54) is 0 Å². The zero-order chi connectivity index (χ0) is 15.6. The zero-order valence-corrected chi connectivity index (χ0v) is 13.2. The van der Waals surface area contributed by atoms with Gasteiger partial charge in [-0.25, -0.2) is 4.98 Å². The van der Waals surface area contributed by atoms with Crippen LogP contribution in [0.15, 0.2) is 30.3 Å². The quantitative estimate of drug-likeness (QED) is 0.924. The number of nitrogen functional groups attached to an aromatic ring is 1. The topological polar surface area (TPSA) is 57.4 Å². The molecule has 0 saturated carbocycles. The highest BCUT2D eigenvalue weighted by Crippen LogP contribution is 2.36. The van der Waals surface area contributed by atoms with Crippen LogP contribution in [-0.4, -0.2) is 12.1 Å². The monoisotopic (exact) mass is 286 g/mol. The lowest BCUT2D eigenvalue weighted by Gasteiger charge is -2.23. The highest BCUT2D eigenvalue weighted by Gasteiger charge is 2.20. The Morgan fingerprint density at radius 1 is 1.10 bits per heavy atom. The predicted molar refractivity (Wildman–Crippen MR) is 85.2 cm³/mol. The van der Waals surface area contributed by atoms with Crippen molar-refractivity contribution in [3.05, 3.63) is 41.6 Å². The maximum Gasteiger partial charge on any atom is 0.219 e. The van der Waals surface area contributed by atoms with Crippen molar-refractivity contribution in [1.82, 2.24) is 4.98 Å². The van der Waals surface area contributed by atoms with E-state index in [0.717, 1.165) is 22.8 Å². The van der Waals surface area contributed by atoms with Gasteiger partial charge in [0.15, 0.2) is 0 Å². The first-order chi connectivity index (χ1) is 9.81. The molecular weight excluding hydrogens is 264 g/mol. The average molecular weight is 286 g/mol. The molecule has 0 amide bonds. The summed E-state index contributed by atoms with van der Waals surface area (Å²) in [4.78, 5) is 4.36. The lowest BCUT2D eigenvalue weighted by atomic mass is 9.86. The van der Waals surface area contributed by atoms with Crippen LogP contribution in [-0.2, 0) is 5.41 Å². The molecule has 112 valence electrons. The SMILES string of the molecule is COc1ccc(Oc2ccc(N)c(C)n2)c(C(C)(C)C)c1. The summed E-state index contributed by atoms with van der Waals surface area (Å²) in [6.07, 6.45) is 0. The second kappa shape index (κ2) is 5.64. The van der Waals surface area contributed by atoms with Gasteiger partial charge in [-0.15, -0.1) is 0 Å². The Balaban J connectivity index is 2.41. The Bertz CT molecular complexity index is 646. The normalized spacial score (nSPS) is 11.3. The summed E-state index contributed by atoms with van der Waals surface area (Å²) in [6, 6.07) is 9.37. The smallest absolute Gasteiger partial charge is 0.219 e. The minimum Gasteiger partial charge on any atom is -0.497 e. The fourth-order valence-corrected chi connectivity index (χ4v) is 2.03. The minimum atomic E-state index is -0.0628. The van der Waals surface area contributed by atoms with Crippen LogP contribution in [0, 0.1) is 6.92 Å². The first-order valence-electron chi connectivity index (χ1n) is 6.91. The molecule has 2 aromatic rings. The number of benzene rings is 1. The van der Waals surface area contributed by atoms with Crippen molar-refractivity contribution in [3.8, 4) is 17.4 Å². The molecule has 2 N–H and O–H groups in total. The molecule has 2 rings (SSSR count). The lowest BCUT2D eigenvalue weighted by molar-refractivity contribution is 0.405. The van der Waals surface area contributed by atoms with Crippen molar-refractivity contribution < 1.29 is 9.47 Å². The van der Waals surface area contributed by atoms with Crippen molar-refractivity contribution in [2.75, 3.05) is 12.8 Å². The van der Waals surface area contributed by atoms with E-state index in [-0.39, 0.29) is 5.41 Å². The number of nitrogens with two attached hydrogens (primary N) is 1. The Morgan fingerprint density at radius 3 is 2.38 bits per heavy atom. The van der Waals surface area contributed by atoms with Gasteiger partial charge in [0.2, 0.25) is 5.88 Å². The summed E-state index contributed by atoms with van der Waals surface area (Å²) in [5.41, 5.74) is 8.21. The van der Waals surface area contributed by atoms with E-state index in [4.69, 9.17) is 15.2 Å².